The zero-order chi connectivity index (χ0) is 22.7. The summed E-state index contributed by atoms with van der Waals surface area (Å²) >= 11 is 12.4. The molecule has 1 amide bonds. The first-order valence-corrected chi connectivity index (χ1v) is 11.8. The Kier molecular flexibility index (Phi) is 6.96. The van der Waals surface area contributed by atoms with Crippen LogP contribution in [-0.2, 0) is 11.4 Å². The van der Waals surface area contributed by atoms with E-state index >= 15 is 0 Å². The summed E-state index contributed by atoms with van der Waals surface area (Å²) in [4.78, 5) is 12.6. The summed E-state index contributed by atoms with van der Waals surface area (Å²) in [6.07, 6.45) is 6.29. The molecule has 5 nitrogen and oxygen atoms in total. The molecule has 0 saturated heterocycles. The number of benzene rings is 2. The molecule has 170 valence electrons. The highest BCUT2D eigenvalue weighted by molar-refractivity contribution is 6.32. The van der Waals surface area contributed by atoms with Gasteiger partial charge in [-0.2, -0.15) is 5.10 Å². The van der Waals surface area contributed by atoms with Crippen molar-refractivity contribution >= 4 is 35.3 Å². The average molecular weight is 475 g/mol. The van der Waals surface area contributed by atoms with Gasteiger partial charge in [0.15, 0.2) is 11.5 Å². The topological polar surface area (TPSA) is 59.9 Å². The third-order valence-electron chi connectivity index (χ3n) is 6.63. The second-order valence-corrected chi connectivity index (χ2v) is 9.59. The van der Waals surface area contributed by atoms with Crippen LogP contribution in [0, 0.1) is 17.3 Å². The zero-order valence-electron chi connectivity index (χ0n) is 18.4. The van der Waals surface area contributed by atoms with E-state index in [1.807, 2.05) is 31.2 Å². The molecule has 3 atom stereocenters. The summed E-state index contributed by atoms with van der Waals surface area (Å²) in [5.74, 6) is 1.59. The molecule has 0 aliphatic heterocycles. The molecule has 0 unspecified atom stereocenters. The van der Waals surface area contributed by atoms with Gasteiger partial charge in [0.25, 0.3) is 0 Å². The highest BCUT2D eigenvalue weighted by Crippen LogP contribution is 2.66. The van der Waals surface area contributed by atoms with Crippen molar-refractivity contribution < 1.29 is 14.3 Å². The number of carbonyl (C=O) groups is 1. The maximum absolute atomic E-state index is 12.6. The Balaban J connectivity index is 1.41. The van der Waals surface area contributed by atoms with Crippen molar-refractivity contribution in [3.63, 3.8) is 0 Å². The third-order valence-corrected chi connectivity index (χ3v) is 7.16. The summed E-state index contributed by atoms with van der Waals surface area (Å²) in [7, 11) is 0. The Labute approximate surface area is 199 Å². The highest BCUT2D eigenvalue weighted by Gasteiger charge is 2.64. The van der Waals surface area contributed by atoms with Gasteiger partial charge in [-0.3, -0.25) is 4.79 Å². The van der Waals surface area contributed by atoms with Crippen LogP contribution in [0.1, 0.15) is 50.7 Å². The first-order valence-electron chi connectivity index (χ1n) is 11.1. The van der Waals surface area contributed by atoms with Crippen LogP contribution in [0.3, 0.4) is 0 Å². The lowest BCUT2D eigenvalue weighted by Gasteiger charge is -2.15. The Morgan fingerprint density at radius 3 is 2.69 bits per heavy atom. The quantitative estimate of drug-likeness (QED) is 0.363. The largest absolute Gasteiger partial charge is 0.490 e. The molecule has 0 heterocycles. The van der Waals surface area contributed by atoms with Crippen LogP contribution in [0.2, 0.25) is 10.0 Å². The van der Waals surface area contributed by atoms with Gasteiger partial charge in [-0.15, -0.1) is 0 Å². The Morgan fingerprint density at radius 1 is 1.22 bits per heavy atom. The van der Waals surface area contributed by atoms with E-state index in [1.165, 1.54) is 12.8 Å². The van der Waals surface area contributed by atoms with Crippen LogP contribution in [0.4, 0.5) is 0 Å². The summed E-state index contributed by atoms with van der Waals surface area (Å²) in [5, 5.41) is 5.26. The van der Waals surface area contributed by atoms with E-state index in [9.17, 15) is 4.79 Å². The smallest absolute Gasteiger partial charge is 0.244 e. The molecular formula is C25H28Cl2N2O3. The fourth-order valence-corrected chi connectivity index (χ4v) is 5.29. The number of nitrogens with one attached hydrogen (secondary N) is 1. The van der Waals surface area contributed by atoms with Gasteiger partial charge in [0.2, 0.25) is 5.91 Å². The summed E-state index contributed by atoms with van der Waals surface area (Å²) in [6, 6.07) is 11.0. The van der Waals surface area contributed by atoms with Crippen LogP contribution in [0.5, 0.6) is 11.5 Å². The van der Waals surface area contributed by atoms with Crippen LogP contribution >= 0.6 is 23.2 Å². The second kappa shape index (κ2) is 9.72. The molecule has 1 N–H and O–H groups in total. The lowest BCUT2D eigenvalue weighted by Crippen LogP contribution is -2.22. The van der Waals surface area contributed by atoms with Crippen molar-refractivity contribution in [3.05, 3.63) is 57.6 Å². The standard InChI is InChI=1S/C25H28Cl2N2O3/c1-3-31-21-13-17(12-20(27)23(21)32-15-16-7-9-18(26)10-8-16)14-28-29-24(30)22-19-6-4-5-11-25(19,22)2/h7-10,12-14,19,22H,3-6,11,15H2,1-2H3,(H,29,30)/b28-14-/t19-,22+,25+/m1/s1. The average Bonchev–Trinajstić information content (AvgIpc) is 3.40. The van der Waals surface area contributed by atoms with Crippen molar-refractivity contribution in [3.8, 4) is 11.5 Å². The van der Waals surface area contributed by atoms with Crippen molar-refractivity contribution in [1.82, 2.24) is 5.43 Å². The van der Waals surface area contributed by atoms with Crippen molar-refractivity contribution in [2.24, 2.45) is 22.4 Å². The van der Waals surface area contributed by atoms with Gasteiger partial charge in [0.1, 0.15) is 6.61 Å². The van der Waals surface area contributed by atoms with Crippen molar-refractivity contribution in [2.75, 3.05) is 6.61 Å². The minimum atomic E-state index is 0.00898. The van der Waals surface area contributed by atoms with Gasteiger partial charge in [-0.25, -0.2) is 5.43 Å². The molecule has 0 spiro atoms. The highest BCUT2D eigenvalue weighted by atomic mass is 35.5. The molecule has 2 aliphatic carbocycles. The number of halogens is 2. The molecule has 4 rings (SSSR count). The molecule has 0 bridgehead atoms. The molecular weight excluding hydrogens is 447 g/mol. The van der Waals surface area contributed by atoms with E-state index in [-0.39, 0.29) is 17.2 Å². The van der Waals surface area contributed by atoms with Gasteiger partial charge >= 0.3 is 0 Å². The maximum Gasteiger partial charge on any atom is 0.244 e. The van der Waals surface area contributed by atoms with E-state index in [0.29, 0.717) is 40.7 Å². The number of ether oxygens (including phenoxy) is 2. The van der Waals surface area contributed by atoms with Gasteiger partial charge < -0.3 is 9.47 Å². The molecule has 2 saturated carbocycles. The number of hydrogen-bond acceptors (Lipinski definition) is 4. The lowest BCUT2D eigenvalue weighted by molar-refractivity contribution is -0.123. The van der Waals surface area contributed by atoms with E-state index in [4.69, 9.17) is 32.7 Å². The van der Waals surface area contributed by atoms with Gasteiger partial charge in [-0.05, 0) is 66.5 Å². The van der Waals surface area contributed by atoms with Crippen LogP contribution < -0.4 is 14.9 Å². The monoisotopic (exact) mass is 474 g/mol. The fraction of sp³-hybridized carbons (Fsp3) is 0.440. The number of hydrogen-bond donors (Lipinski definition) is 1. The predicted octanol–water partition coefficient (Wildman–Crippen LogP) is 6.25. The molecule has 2 aromatic carbocycles. The first-order chi connectivity index (χ1) is 15.4. The third kappa shape index (κ3) is 4.89. The SMILES string of the molecule is CCOc1cc(/C=N\NC(=O)[C@@H]2[C@H]3CCCC[C@@]32C)cc(Cl)c1OCc1ccc(Cl)cc1. The number of rotatable bonds is 8. The number of fused-ring (bicyclic) bond motifs is 1. The van der Waals surface area contributed by atoms with Crippen LogP contribution in [-0.4, -0.2) is 18.7 Å². The predicted molar refractivity (Wildman–Crippen MR) is 128 cm³/mol. The van der Waals surface area contributed by atoms with E-state index < -0.39 is 0 Å². The Morgan fingerprint density at radius 2 is 2.00 bits per heavy atom. The van der Waals surface area contributed by atoms with Gasteiger partial charge in [-0.1, -0.05) is 55.1 Å². The van der Waals surface area contributed by atoms with E-state index in [0.717, 1.165) is 24.0 Å². The van der Waals surface area contributed by atoms with Crippen LogP contribution in [0.25, 0.3) is 0 Å². The molecule has 2 aliphatic rings. The Hall–Kier alpha value is -2.24. The summed E-state index contributed by atoms with van der Waals surface area (Å²) in [5.41, 5.74) is 4.56. The Bertz CT molecular complexity index is 1010. The fourth-order valence-electron chi connectivity index (χ4n) is 4.89. The van der Waals surface area contributed by atoms with E-state index in [1.54, 1.807) is 18.3 Å². The summed E-state index contributed by atoms with van der Waals surface area (Å²) < 4.78 is 11.7. The first kappa shape index (κ1) is 22.9. The maximum atomic E-state index is 12.6. The van der Waals surface area contributed by atoms with Gasteiger partial charge in [0, 0.05) is 10.9 Å². The summed E-state index contributed by atoms with van der Waals surface area (Å²) in [6.45, 7) is 4.92. The molecule has 2 aromatic rings. The lowest BCUT2D eigenvalue weighted by atomic mass is 9.90. The minimum Gasteiger partial charge on any atom is -0.490 e. The second-order valence-electron chi connectivity index (χ2n) is 8.75. The number of nitrogens with zero attached hydrogens (tertiary/aromatic N) is 1. The van der Waals surface area contributed by atoms with E-state index in [2.05, 4.69) is 17.5 Å². The number of carbonyl (C=O) groups excluding carboxylic acids is 1. The molecule has 32 heavy (non-hydrogen) atoms. The zero-order valence-corrected chi connectivity index (χ0v) is 19.9. The molecule has 0 aromatic heterocycles. The van der Waals surface area contributed by atoms with Crippen molar-refractivity contribution in [2.45, 2.75) is 46.1 Å². The van der Waals surface area contributed by atoms with Crippen molar-refractivity contribution in [1.29, 1.82) is 0 Å². The molecule has 0 radical (unpaired) electrons. The minimum absolute atomic E-state index is 0.00898. The van der Waals surface area contributed by atoms with Crippen LogP contribution in [0.15, 0.2) is 41.5 Å². The van der Waals surface area contributed by atoms with Gasteiger partial charge in [0.05, 0.1) is 17.8 Å². The molecule has 7 heteroatoms. The normalized spacial score (nSPS) is 24.1. The number of amides is 1. The molecule has 2 fully saturated rings. The number of hydrazone groups is 1.